The van der Waals surface area contributed by atoms with Crippen molar-refractivity contribution in [2.24, 2.45) is 0 Å². The number of aldehydes is 1. The highest BCUT2D eigenvalue weighted by atomic mass is 19.1. The molecule has 0 aliphatic rings. The lowest BCUT2D eigenvalue weighted by Gasteiger charge is -2.09. The monoisotopic (exact) mass is 379 g/mol. The van der Waals surface area contributed by atoms with Gasteiger partial charge in [0.15, 0.2) is 17.8 Å². The normalized spacial score (nSPS) is 10.5. The van der Waals surface area contributed by atoms with Gasteiger partial charge in [0.05, 0.1) is 5.56 Å². The van der Waals surface area contributed by atoms with Gasteiger partial charge in [0.1, 0.15) is 18.1 Å². The van der Waals surface area contributed by atoms with Crippen LogP contribution < -0.4 is 10.2 Å². The summed E-state index contributed by atoms with van der Waals surface area (Å²) in [7, 11) is 0. The lowest BCUT2D eigenvalue weighted by atomic mass is 10.0. The number of H-pyrrole nitrogens is 1. The van der Waals surface area contributed by atoms with Gasteiger partial charge in [-0.2, -0.15) is 0 Å². The number of ketones is 1. The van der Waals surface area contributed by atoms with Gasteiger partial charge in [0.25, 0.3) is 0 Å². The molecule has 1 heterocycles. The zero-order chi connectivity index (χ0) is 19.9. The lowest BCUT2D eigenvalue weighted by Crippen LogP contribution is -2.20. The predicted octanol–water partition coefficient (Wildman–Crippen LogP) is 3.72. The molecule has 6 heteroatoms. The van der Waals surface area contributed by atoms with Crippen molar-refractivity contribution in [2.75, 3.05) is 0 Å². The van der Waals surface area contributed by atoms with Gasteiger partial charge in [-0.1, -0.05) is 42.5 Å². The average molecular weight is 379 g/mol. The minimum atomic E-state index is -0.624. The van der Waals surface area contributed by atoms with Gasteiger partial charge in [-0.3, -0.25) is 14.4 Å². The van der Waals surface area contributed by atoms with Gasteiger partial charge in [-0.05, 0) is 29.7 Å². The number of rotatable bonds is 8. The van der Waals surface area contributed by atoms with Gasteiger partial charge in [0.2, 0.25) is 5.43 Å². The molecular formula is C22H18FNO4. The minimum absolute atomic E-state index is 0.0176. The van der Waals surface area contributed by atoms with Crippen molar-refractivity contribution in [1.29, 1.82) is 0 Å². The van der Waals surface area contributed by atoms with E-state index in [4.69, 9.17) is 4.74 Å². The highest BCUT2D eigenvalue weighted by molar-refractivity contribution is 5.96. The van der Waals surface area contributed by atoms with E-state index in [1.165, 1.54) is 18.3 Å². The van der Waals surface area contributed by atoms with Crippen LogP contribution in [0.3, 0.4) is 0 Å². The molecule has 0 atom stereocenters. The molecule has 0 aliphatic heterocycles. The number of benzene rings is 2. The number of hydrogen-bond donors (Lipinski definition) is 1. The maximum Gasteiger partial charge on any atom is 0.234 e. The molecule has 0 amide bonds. The Kier molecular flexibility index (Phi) is 6.11. The van der Waals surface area contributed by atoms with Crippen molar-refractivity contribution >= 4 is 12.1 Å². The number of nitrogens with one attached hydrogen (secondary N) is 1. The van der Waals surface area contributed by atoms with Crippen LogP contribution in [-0.4, -0.2) is 17.1 Å². The van der Waals surface area contributed by atoms with Crippen molar-refractivity contribution in [1.82, 2.24) is 4.98 Å². The van der Waals surface area contributed by atoms with E-state index in [1.54, 1.807) is 12.1 Å². The van der Waals surface area contributed by atoms with Crippen molar-refractivity contribution in [3.05, 3.63) is 99.2 Å². The molecule has 5 nitrogen and oxygen atoms in total. The van der Waals surface area contributed by atoms with E-state index >= 15 is 0 Å². The van der Waals surface area contributed by atoms with Crippen LogP contribution in [0, 0.1) is 5.82 Å². The SMILES string of the molecule is O=Cc1[nH]cc(C(=O)CCc2ccc(F)cc2)c(=O)c1OCc1ccccc1. The topological polar surface area (TPSA) is 76.2 Å². The lowest BCUT2D eigenvalue weighted by molar-refractivity contribution is 0.0979. The first-order valence-electron chi connectivity index (χ1n) is 8.73. The highest BCUT2D eigenvalue weighted by Gasteiger charge is 2.18. The molecule has 0 spiro atoms. The number of aromatic amines is 1. The fourth-order valence-corrected chi connectivity index (χ4v) is 2.74. The van der Waals surface area contributed by atoms with Crippen LogP contribution in [0.15, 0.2) is 65.6 Å². The number of carbonyl (C=O) groups excluding carboxylic acids is 2. The zero-order valence-electron chi connectivity index (χ0n) is 15.0. The third kappa shape index (κ3) is 4.59. The van der Waals surface area contributed by atoms with E-state index < -0.39 is 5.43 Å². The number of hydrogen-bond acceptors (Lipinski definition) is 4. The molecule has 0 unspecified atom stereocenters. The summed E-state index contributed by atoms with van der Waals surface area (Å²) in [5.74, 6) is -0.907. The largest absolute Gasteiger partial charge is 0.483 e. The van der Waals surface area contributed by atoms with E-state index in [1.807, 2.05) is 30.3 Å². The van der Waals surface area contributed by atoms with Gasteiger partial charge in [0, 0.05) is 12.6 Å². The van der Waals surface area contributed by atoms with Crippen LogP contribution in [0.2, 0.25) is 0 Å². The summed E-state index contributed by atoms with van der Waals surface area (Å²) in [6.45, 7) is 0.0952. The second-order valence-electron chi connectivity index (χ2n) is 6.22. The Labute approximate surface area is 160 Å². The first kappa shape index (κ1) is 19.2. The molecule has 0 bridgehead atoms. The zero-order valence-corrected chi connectivity index (χ0v) is 15.0. The average Bonchev–Trinajstić information content (AvgIpc) is 2.72. The first-order valence-corrected chi connectivity index (χ1v) is 8.73. The molecule has 1 N–H and O–H groups in total. The molecule has 0 radical (unpaired) electrons. The summed E-state index contributed by atoms with van der Waals surface area (Å²) in [5, 5.41) is 0. The van der Waals surface area contributed by atoms with Gasteiger partial charge >= 0.3 is 0 Å². The number of halogens is 1. The number of ether oxygens (including phenoxy) is 1. The van der Waals surface area contributed by atoms with Crippen LogP contribution in [-0.2, 0) is 13.0 Å². The van der Waals surface area contributed by atoms with E-state index in [0.29, 0.717) is 12.7 Å². The molecule has 0 fully saturated rings. The summed E-state index contributed by atoms with van der Waals surface area (Å²) < 4.78 is 18.5. The molecular weight excluding hydrogens is 361 g/mol. The minimum Gasteiger partial charge on any atom is -0.483 e. The Hall–Kier alpha value is -3.54. The maximum atomic E-state index is 13.0. The summed E-state index contributed by atoms with van der Waals surface area (Å²) in [4.78, 5) is 39.1. The fourth-order valence-electron chi connectivity index (χ4n) is 2.74. The third-order valence-corrected chi connectivity index (χ3v) is 4.27. The number of carbonyl (C=O) groups is 2. The van der Waals surface area contributed by atoms with Crippen LogP contribution in [0.1, 0.15) is 38.4 Å². The van der Waals surface area contributed by atoms with Gasteiger partial charge in [-0.25, -0.2) is 4.39 Å². The smallest absolute Gasteiger partial charge is 0.234 e. The van der Waals surface area contributed by atoms with E-state index in [9.17, 15) is 18.8 Å². The molecule has 0 aliphatic carbocycles. The standard InChI is InChI=1S/C22H18FNO4/c23-17-9-6-15(7-10-17)8-11-20(26)18-12-24-19(13-25)22(21(18)27)28-14-16-4-2-1-3-5-16/h1-7,9-10,12-13H,8,11,14H2,(H,24,27). The molecule has 3 aromatic rings. The van der Waals surface area contributed by atoms with Gasteiger partial charge in [-0.15, -0.1) is 0 Å². The van der Waals surface area contributed by atoms with Crippen molar-refractivity contribution in [2.45, 2.75) is 19.4 Å². The summed E-state index contributed by atoms with van der Waals surface area (Å²) in [5.41, 5.74) is 0.899. The second-order valence-corrected chi connectivity index (χ2v) is 6.22. The Morgan fingerprint density at radius 3 is 2.43 bits per heavy atom. The molecule has 28 heavy (non-hydrogen) atoms. The maximum absolute atomic E-state index is 13.0. The molecule has 2 aromatic carbocycles. The molecule has 142 valence electrons. The Morgan fingerprint density at radius 1 is 1.04 bits per heavy atom. The quantitative estimate of drug-likeness (QED) is 0.478. The van der Waals surface area contributed by atoms with Crippen LogP contribution >= 0.6 is 0 Å². The van der Waals surface area contributed by atoms with Crippen LogP contribution in [0.4, 0.5) is 4.39 Å². The molecule has 3 rings (SSSR count). The predicted molar refractivity (Wildman–Crippen MR) is 102 cm³/mol. The van der Waals surface area contributed by atoms with Crippen molar-refractivity contribution < 1.29 is 18.7 Å². The number of Topliss-reactive ketones (excluding diaryl/α,β-unsaturated/α-hetero) is 1. The highest BCUT2D eigenvalue weighted by Crippen LogP contribution is 2.14. The number of pyridine rings is 1. The molecule has 0 saturated heterocycles. The van der Waals surface area contributed by atoms with Crippen LogP contribution in [0.5, 0.6) is 5.75 Å². The van der Waals surface area contributed by atoms with Crippen molar-refractivity contribution in [3.63, 3.8) is 0 Å². The number of aromatic nitrogens is 1. The Morgan fingerprint density at radius 2 is 1.75 bits per heavy atom. The summed E-state index contributed by atoms with van der Waals surface area (Å²) in [6.07, 6.45) is 2.16. The van der Waals surface area contributed by atoms with E-state index in [2.05, 4.69) is 4.98 Å². The van der Waals surface area contributed by atoms with Crippen molar-refractivity contribution in [3.8, 4) is 5.75 Å². The van der Waals surface area contributed by atoms with E-state index in [0.717, 1.165) is 11.1 Å². The third-order valence-electron chi connectivity index (χ3n) is 4.27. The van der Waals surface area contributed by atoms with Crippen LogP contribution in [0.25, 0.3) is 0 Å². The Balaban J connectivity index is 1.77. The number of aryl methyl sites for hydroxylation is 1. The van der Waals surface area contributed by atoms with E-state index in [-0.39, 0.29) is 41.6 Å². The molecule has 0 saturated carbocycles. The summed E-state index contributed by atoms with van der Waals surface area (Å²) in [6, 6.07) is 15.0. The fraction of sp³-hybridized carbons (Fsp3) is 0.136. The second kappa shape index (κ2) is 8.90. The summed E-state index contributed by atoms with van der Waals surface area (Å²) >= 11 is 0. The Bertz CT molecular complexity index is 1030. The first-order chi connectivity index (χ1) is 13.6. The molecule has 1 aromatic heterocycles. The van der Waals surface area contributed by atoms with Gasteiger partial charge < -0.3 is 9.72 Å².